The summed E-state index contributed by atoms with van der Waals surface area (Å²) in [5.41, 5.74) is 0.0458. The molecule has 0 unspecified atom stereocenters. The van der Waals surface area contributed by atoms with E-state index in [4.69, 9.17) is 5.11 Å². The predicted molar refractivity (Wildman–Crippen MR) is 69.8 cm³/mol. The predicted octanol–water partition coefficient (Wildman–Crippen LogP) is 1.17. The lowest BCUT2D eigenvalue weighted by Gasteiger charge is -2.28. The van der Waals surface area contributed by atoms with Gasteiger partial charge < -0.3 is 15.3 Å². The Bertz CT molecular complexity index is 418. The number of hydrogen-bond acceptors (Lipinski definition) is 5. The molecule has 0 aliphatic heterocycles. The summed E-state index contributed by atoms with van der Waals surface area (Å²) in [7, 11) is 4.03. The van der Waals surface area contributed by atoms with Crippen molar-refractivity contribution in [1.82, 2.24) is 14.9 Å². The Labute approximate surface area is 107 Å². The lowest BCUT2D eigenvalue weighted by atomic mass is 9.93. The lowest BCUT2D eigenvalue weighted by Crippen LogP contribution is -2.34. The van der Waals surface area contributed by atoms with E-state index < -0.39 is 5.97 Å². The molecular weight excluding hydrogens is 232 g/mol. The maximum atomic E-state index is 10.8. The molecule has 0 radical (unpaired) electrons. The van der Waals surface area contributed by atoms with Crippen molar-refractivity contribution in [2.75, 3.05) is 32.5 Å². The molecule has 0 spiro atoms. The van der Waals surface area contributed by atoms with Crippen LogP contribution < -0.4 is 5.32 Å². The summed E-state index contributed by atoms with van der Waals surface area (Å²) in [4.78, 5) is 20.8. The quantitative estimate of drug-likeness (QED) is 0.791. The van der Waals surface area contributed by atoms with Gasteiger partial charge in [-0.25, -0.2) is 14.8 Å². The van der Waals surface area contributed by atoms with Crippen LogP contribution >= 0.6 is 0 Å². The largest absolute Gasteiger partial charge is 0.477 e. The zero-order valence-corrected chi connectivity index (χ0v) is 11.3. The van der Waals surface area contributed by atoms with E-state index in [1.54, 1.807) is 0 Å². The Morgan fingerprint density at radius 3 is 2.72 bits per heavy atom. The van der Waals surface area contributed by atoms with Gasteiger partial charge in [0, 0.05) is 19.3 Å². The molecule has 0 saturated carbocycles. The molecule has 0 aliphatic rings. The van der Waals surface area contributed by atoms with Crippen molar-refractivity contribution in [2.45, 2.75) is 13.8 Å². The van der Waals surface area contributed by atoms with Gasteiger partial charge in [-0.15, -0.1) is 0 Å². The second-order valence-electron chi connectivity index (χ2n) is 5.33. The summed E-state index contributed by atoms with van der Waals surface area (Å²) in [6.45, 7) is 5.84. The number of carboxylic acid groups (broad SMARTS) is 1. The number of nitrogens with one attached hydrogen (secondary N) is 1. The molecule has 1 heterocycles. The van der Waals surface area contributed by atoms with Crippen molar-refractivity contribution >= 4 is 11.9 Å². The molecule has 1 rings (SSSR count). The molecule has 100 valence electrons. The number of aromatic carboxylic acids is 1. The first-order valence-corrected chi connectivity index (χ1v) is 5.75. The zero-order valence-electron chi connectivity index (χ0n) is 11.3. The van der Waals surface area contributed by atoms with E-state index in [-0.39, 0.29) is 11.1 Å². The second-order valence-corrected chi connectivity index (χ2v) is 5.33. The average Bonchev–Trinajstić information content (AvgIpc) is 2.25. The summed E-state index contributed by atoms with van der Waals surface area (Å²) in [5, 5.41) is 11.9. The van der Waals surface area contributed by atoms with Crippen molar-refractivity contribution in [2.24, 2.45) is 5.41 Å². The number of aromatic nitrogens is 2. The first-order chi connectivity index (χ1) is 8.30. The maximum absolute atomic E-state index is 10.8. The third-order valence-electron chi connectivity index (χ3n) is 2.34. The van der Waals surface area contributed by atoms with Crippen LogP contribution in [0.15, 0.2) is 12.3 Å². The van der Waals surface area contributed by atoms with Gasteiger partial charge in [-0.1, -0.05) is 13.8 Å². The summed E-state index contributed by atoms with van der Waals surface area (Å²) < 4.78 is 0. The minimum Gasteiger partial charge on any atom is -0.477 e. The van der Waals surface area contributed by atoms with Crippen LogP contribution in [0.3, 0.4) is 0 Å². The van der Waals surface area contributed by atoms with E-state index in [2.05, 4.69) is 34.0 Å². The van der Waals surface area contributed by atoms with Crippen LogP contribution in [-0.4, -0.2) is 53.1 Å². The Morgan fingerprint density at radius 2 is 2.17 bits per heavy atom. The topological polar surface area (TPSA) is 78.4 Å². The first kappa shape index (κ1) is 14.4. The summed E-state index contributed by atoms with van der Waals surface area (Å²) in [6, 6.07) is 1.37. The average molecular weight is 252 g/mol. The van der Waals surface area contributed by atoms with E-state index in [0.29, 0.717) is 12.5 Å². The van der Waals surface area contributed by atoms with E-state index in [0.717, 1.165) is 6.54 Å². The minimum absolute atomic E-state index is 0.00193. The SMILES string of the molecule is CN(C)CC(C)(C)CNc1nccc(C(=O)O)n1. The molecule has 0 aliphatic carbocycles. The molecule has 6 nitrogen and oxygen atoms in total. The van der Waals surface area contributed by atoms with Gasteiger partial charge in [-0.05, 0) is 25.6 Å². The highest BCUT2D eigenvalue weighted by molar-refractivity contribution is 5.85. The number of hydrogen-bond donors (Lipinski definition) is 2. The molecule has 0 fully saturated rings. The van der Waals surface area contributed by atoms with Crippen molar-refractivity contribution in [3.05, 3.63) is 18.0 Å². The van der Waals surface area contributed by atoms with Gasteiger partial charge in [0.25, 0.3) is 0 Å². The molecule has 0 saturated heterocycles. The van der Waals surface area contributed by atoms with Gasteiger partial charge in [0.2, 0.25) is 5.95 Å². The summed E-state index contributed by atoms with van der Waals surface area (Å²) in [5.74, 6) is -0.699. The van der Waals surface area contributed by atoms with Gasteiger partial charge in [0.15, 0.2) is 5.69 Å². The highest BCUT2D eigenvalue weighted by atomic mass is 16.4. The van der Waals surface area contributed by atoms with E-state index >= 15 is 0 Å². The van der Waals surface area contributed by atoms with Crippen LogP contribution in [0.25, 0.3) is 0 Å². The van der Waals surface area contributed by atoms with Crippen LogP contribution in [-0.2, 0) is 0 Å². The fraction of sp³-hybridized carbons (Fsp3) is 0.583. The molecule has 1 aromatic rings. The number of anilines is 1. The van der Waals surface area contributed by atoms with Crippen LogP contribution in [0.1, 0.15) is 24.3 Å². The van der Waals surface area contributed by atoms with Crippen LogP contribution in [0.4, 0.5) is 5.95 Å². The van der Waals surface area contributed by atoms with Gasteiger partial charge >= 0.3 is 5.97 Å². The molecule has 0 amide bonds. The standard InChI is InChI=1S/C12H20N4O2/c1-12(2,8-16(3)4)7-14-11-13-6-5-9(15-11)10(17)18/h5-6H,7-8H2,1-4H3,(H,17,18)(H,13,14,15). The monoisotopic (exact) mass is 252 g/mol. The molecule has 6 heteroatoms. The fourth-order valence-corrected chi connectivity index (χ4v) is 1.79. The maximum Gasteiger partial charge on any atom is 0.354 e. The van der Waals surface area contributed by atoms with E-state index in [1.165, 1.54) is 12.3 Å². The number of carboxylic acids is 1. The van der Waals surface area contributed by atoms with Gasteiger partial charge in [0.1, 0.15) is 0 Å². The highest BCUT2D eigenvalue weighted by Gasteiger charge is 2.19. The van der Waals surface area contributed by atoms with Crippen molar-refractivity contribution < 1.29 is 9.90 Å². The zero-order chi connectivity index (χ0) is 13.8. The molecule has 1 aromatic heterocycles. The van der Waals surface area contributed by atoms with Gasteiger partial charge in [-0.3, -0.25) is 0 Å². The Balaban J connectivity index is 2.63. The fourth-order valence-electron chi connectivity index (χ4n) is 1.79. The third kappa shape index (κ3) is 4.67. The second kappa shape index (κ2) is 5.77. The molecule has 0 bridgehead atoms. The van der Waals surface area contributed by atoms with Crippen LogP contribution in [0.5, 0.6) is 0 Å². The van der Waals surface area contributed by atoms with Crippen molar-refractivity contribution in [3.63, 3.8) is 0 Å². The first-order valence-electron chi connectivity index (χ1n) is 5.75. The minimum atomic E-state index is -1.05. The molecule has 2 N–H and O–H groups in total. The Hall–Kier alpha value is -1.69. The number of nitrogens with zero attached hydrogens (tertiary/aromatic N) is 3. The van der Waals surface area contributed by atoms with E-state index in [9.17, 15) is 4.79 Å². The van der Waals surface area contributed by atoms with Crippen molar-refractivity contribution in [3.8, 4) is 0 Å². The van der Waals surface area contributed by atoms with Gasteiger partial charge in [0.05, 0.1) is 0 Å². The molecule has 0 aromatic carbocycles. The Kier molecular flexibility index (Phi) is 4.61. The molecule has 18 heavy (non-hydrogen) atoms. The number of rotatable bonds is 6. The molecule has 0 atom stereocenters. The van der Waals surface area contributed by atoms with Crippen LogP contribution in [0.2, 0.25) is 0 Å². The smallest absolute Gasteiger partial charge is 0.354 e. The summed E-state index contributed by atoms with van der Waals surface area (Å²) >= 11 is 0. The third-order valence-corrected chi connectivity index (χ3v) is 2.34. The van der Waals surface area contributed by atoms with E-state index in [1.807, 2.05) is 14.1 Å². The van der Waals surface area contributed by atoms with Gasteiger partial charge in [-0.2, -0.15) is 0 Å². The molecular formula is C12H20N4O2. The van der Waals surface area contributed by atoms with Crippen LogP contribution in [0, 0.1) is 5.41 Å². The number of carbonyl (C=O) groups is 1. The highest BCUT2D eigenvalue weighted by Crippen LogP contribution is 2.16. The summed E-state index contributed by atoms with van der Waals surface area (Å²) in [6.07, 6.45) is 1.44. The normalized spacial score (nSPS) is 11.6. The Morgan fingerprint density at radius 1 is 1.50 bits per heavy atom. The lowest BCUT2D eigenvalue weighted by molar-refractivity contribution is 0.0690. The van der Waals surface area contributed by atoms with Crippen molar-refractivity contribution in [1.29, 1.82) is 0 Å².